The lowest BCUT2D eigenvalue weighted by Crippen LogP contribution is -2.53. The zero-order valence-electron chi connectivity index (χ0n) is 15.2. The number of H-pyrrole nitrogens is 1. The van der Waals surface area contributed by atoms with Gasteiger partial charge in [-0.15, -0.1) is 0 Å². The number of aryl methyl sites for hydroxylation is 2. The van der Waals surface area contributed by atoms with Crippen molar-refractivity contribution in [3.05, 3.63) is 27.4 Å². The molecule has 2 N–H and O–H groups in total. The molecule has 3 rings (SSSR count). The van der Waals surface area contributed by atoms with Crippen LogP contribution in [0.3, 0.4) is 0 Å². The Kier molecular flexibility index (Phi) is 4.97. The van der Waals surface area contributed by atoms with Crippen LogP contribution in [-0.4, -0.2) is 57.3 Å². The minimum absolute atomic E-state index is 0.0323. The van der Waals surface area contributed by atoms with E-state index in [9.17, 15) is 14.7 Å². The molecule has 3 atom stereocenters. The number of hydrogen-bond donors (Lipinski definition) is 2. The van der Waals surface area contributed by atoms with Crippen LogP contribution >= 0.6 is 0 Å². The molecule has 0 radical (unpaired) electrons. The SMILES string of the molecule is CCc1nc(C)c(CC(=O)N2CC[C@]3(OC)CC[C@H](O)C[C@H]23)c(=O)[nH]1. The van der Waals surface area contributed by atoms with Gasteiger partial charge in [-0.3, -0.25) is 9.59 Å². The van der Waals surface area contributed by atoms with Crippen LogP contribution in [0.2, 0.25) is 0 Å². The van der Waals surface area contributed by atoms with Gasteiger partial charge in [0.2, 0.25) is 5.91 Å². The highest BCUT2D eigenvalue weighted by atomic mass is 16.5. The third-order valence-electron chi connectivity index (χ3n) is 5.82. The van der Waals surface area contributed by atoms with Crippen LogP contribution in [0.5, 0.6) is 0 Å². The second kappa shape index (κ2) is 6.88. The first-order valence-corrected chi connectivity index (χ1v) is 9.01. The highest BCUT2D eigenvalue weighted by Gasteiger charge is 2.52. The minimum Gasteiger partial charge on any atom is -0.393 e. The van der Waals surface area contributed by atoms with E-state index < -0.39 is 6.10 Å². The molecule has 0 unspecified atom stereocenters. The molecule has 25 heavy (non-hydrogen) atoms. The van der Waals surface area contributed by atoms with Crippen molar-refractivity contribution in [2.24, 2.45) is 0 Å². The lowest BCUT2D eigenvalue weighted by Gasteiger charge is -2.42. The van der Waals surface area contributed by atoms with E-state index in [1.807, 2.05) is 6.92 Å². The maximum absolute atomic E-state index is 12.9. The third kappa shape index (κ3) is 3.22. The van der Waals surface area contributed by atoms with E-state index in [1.165, 1.54) is 0 Å². The van der Waals surface area contributed by atoms with Crippen molar-refractivity contribution in [3.63, 3.8) is 0 Å². The number of aliphatic hydroxyl groups excluding tert-OH is 1. The average molecular weight is 349 g/mol. The monoisotopic (exact) mass is 349 g/mol. The van der Waals surface area contributed by atoms with Gasteiger partial charge in [0, 0.05) is 31.3 Å². The third-order valence-corrected chi connectivity index (χ3v) is 5.82. The predicted octanol–water partition coefficient (Wildman–Crippen LogP) is 0.714. The van der Waals surface area contributed by atoms with Crippen LogP contribution in [-0.2, 0) is 22.4 Å². The normalized spacial score (nSPS) is 28.9. The smallest absolute Gasteiger partial charge is 0.254 e. The fraction of sp³-hybridized carbons (Fsp3) is 0.722. The highest BCUT2D eigenvalue weighted by Crippen LogP contribution is 2.42. The first-order valence-electron chi connectivity index (χ1n) is 9.01. The number of carbonyl (C=O) groups excluding carboxylic acids is 1. The Hall–Kier alpha value is -1.73. The van der Waals surface area contributed by atoms with Crippen LogP contribution < -0.4 is 5.56 Å². The molecule has 138 valence electrons. The summed E-state index contributed by atoms with van der Waals surface area (Å²) in [7, 11) is 1.68. The van der Waals surface area contributed by atoms with E-state index in [0.29, 0.717) is 42.9 Å². The number of aromatic nitrogens is 2. The zero-order chi connectivity index (χ0) is 18.2. The molecule has 1 saturated heterocycles. The molecule has 1 aliphatic heterocycles. The van der Waals surface area contributed by atoms with Crippen LogP contribution in [0.1, 0.15) is 49.7 Å². The molecule has 1 amide bonds. The average Bonchev–Trinajstić information content (AvgIpc) is 2.97. The van der Waals surface area contributed by atoms with Gasteiger partial charge >= 0.3 is 0 Å². The predicted molar refractivity (Wildman–Crippen MR) is 92.4 cm³/mol. The molecule has 7 heteroatoms. The fourth-order valence-electron chi connectivity index (χ4n) is 4.27. The topological polar surface area (TPSA) is 95.5 Å². The summed E-state index contributed by atoms with van der Waals surface area (Å²) >= 11 is 0. The molecule has 1 aromatic rings. The van der Waals surface area contributed by atoms with Crippen LogP contribution in [0.25, 0.3) is 0 Å². The molecule has 1 saturated carbocycles. The van der Waals surface area contributed by atoms with E-state index in [2.05, 4.69) is 9.97 Å². The molecule has 2 fully saturated rings. The van der Waals surface area contributed by atoms with Crippen molar-refractivity contribution >= 4 is 5.91 Å². The zero-order valence-corrected chi connectivity index (χ0v) is 15.2. The molecule has 7 nitrogen and oxygen atoms in total. The lowest BCUT2D eigenvalue weighted by molar-refractivity contribution is -0.139. The van der Waals surface area contributed by atoms with E-state index >= 15 is 0 Å². The van der Waals surface area contributed by atoms with Crippen LogP contribution in [0.15, 0.2) is 4.79 Å². The number of aromatic amines is 1. The number of aliphatic hydroxyl groups is 1. The summed E-state index contributed by atoms with van der Waals surface area (Å²) in [4.78, 5) is 34.1. The van der Waals surface area contributed by atoms with Gasteiger partial charge in [0.05, 0.1) is 24.2 Å². The number of carbonyl (C=O) groups is 1. The van der Waals surface area contributed by atoms with Gasteiger partial charge < -0.3 is 19.7 Å². The van der Waals surface area contributed by atoms with Gasteiger partial charge in [-0.05, 0) is 32.6 Å². The van der Waals surface area contributed by atoms with Crippen molar-refractivity contribution in [1.82, 2.24) is 14.9 Å². The summed E-state index contributed by atoms with van der Waals surface area (Å²) in [6, 6.07) is -0.129. The standard InChI is InChI=1S/C18H27N3O4/c1-4-15-19-11(2)13(17(24)20-15)10-16(23)21-8-7-18(25-3)6-5-12(22)9-14(18)21/h12,14,22H,4-10H2,1-3H3,(H,19,20,24)/t12-,14-,18+/m0/s1. The molecule has 2 aliphatic rings. The highest BCUT2D eigenvalue weighted by molar-refractivity contribution is 5.79. The number of ether oxygens (including phenoxy) is 1. The van der Waals surface area contributed by atoms with E-state index in [1.54, 1.807) is 18.9 Å². The molecular weight excluding hydrogens is 322 g/mol. The van der Waals surface area contributed by atoms with Crippen molar-refractivity contribution < 1.29 is 14.6 Å². The molecule has 0 spiro atoms. The van der Waals surface area contributed by atoms with Crippen LogP contribution in [0, 0.1) is 6.92 Å². The maximum Gasteiger partial charge on any atom is 0.254 e. The van der Waals surface area contributed by atoms with Gasteiger partial charge in [0.1, 0.15) is 5.82 Å². The molecule has 1 aliphatic carbocycles. The molecule has 2 heterocycles. The largest absolute Gasteiger partial charge is 0.393 e. The first kappa shape index (κ1) is 18.1. The van der Waals surface area contributed by atoms with Gasteiger partial charge in [0.15, 0.2) is 0 Å². The Balaban J connectivity index is 1.81. The summed E-state index contributed by atoms with van der Waals surface area (Å²) in [6.07, 6.45) is 3.03. The Labute approximate surface area is 147 Å². The number of rotatable bonds is 4. The van der Waals surface area contributed by atoms with E-state index in [-0.39, 0.29) is 29.5 Å². The molecular formula is C18H27N3O4. The molecule has 0 aromatic carbocycles. The van der Waals surface area contributed by atoms with Crippen molar-refractivity contribution in [1.29, 1.82) is 0 Å². The number of nitrogens with one attached hydrogen (secondary N) is 1. The van der Waals surface area contributed by atoms with E-state index in [4.69, 9.17) is 4.74 Å². The Morgan fingerprint density at radius 2 is 2.24 bits per heavy atom. The van der Waals surface area contributed by atoms with Crippen molar-refractivity contribution in [3.8, 4) is 0 Å². The maximum atomic E-state index is 12.9. The van der Waals surface area contributed by atoms with Crippen LogP contribution in [0.4, 0.5) is 0 Å². The number of fused-ring (bicyclic) bond motifs is 1. The fourth-order valence-corrected chi connectivity index (χ4v) is 4.27. The lowest BCUT2D eigenvalue weighted by atomic mass is 9.79. The number of nitrogens with zero attached hydrogens (tertiary/aromatic N) is 2. The summed E-state index contributed by atoms with van der Waals surface area (Å²) in [6.45, 7) is 4.29. The number of methoxy groups -OCH3 is 1. The van der Waals surface area contributed by atoms with Gasteiger partial charge in [-0.25, -0.2) is 4.98 Å². The number of likely N-dealkylation sites (tertiary alicyclic amines) is 1. The van der Waals surface area contributed by atoms with Crippen molar-refractivity contribution in [2.45, 2.75) is 70.1 Å². The second-order valence-electron chi connectivity index (χ2n) is 7.16. The number of hydrogen-bond acceptors (Lipinski definition) is 5. The summed E-state index contributed by atoms with van der Waals surface area (Å²) < 4.78 is 5.77. The van der Waals surface area contributed by atoms with Gasteiger partial charge in [-0.1, -0.05) is 6.92 Å². The summed E-state index contributed by atoms with van der Waals surface area (Å²) in [5.74, 6) is 0.534. The molecule has 0 bridgehead atoms. The second-order valence-corrected chi connectivity index (χ2v) is 7.16. The molecule has 1 aromatic heterocycles. The van der Waals surface area contributed by atoms with Gasteiger partial charge in [-0.2, -0.15) is 0 Å². The Bertz CT molecular complexity index is 717. The van der Waals surface area contributed by atoms with E-state index in [0.717, 1.165) is 12.8 Å². The minimum atomic E-state index is -0.405. The quantitative estimate of drug-likeness (QED) is 0.835. The Morgan fingerprint density at radius 1 is 1.48 bits per heavy atom. The Morgan fingerprint density at radius 3 is 2.88 bits per heavy atom. The van der Waals surface area contributed by atoms with Crippen molar-refractivity contribution in [2.75, 3.05) is 13.7 Å². The summed E-state index contributed by atoms with van der Waals surface area (Å²) in [5.41, 5.74) is 0.433. The first-order chi connectivity index (χ1) is 11.9. The van der Waals surface area contributed by atoms with Gasteiger partial charge in [0.25, 0.3) is 5.56 Å². The summed E-state index contributed by atoms with van der Waals surface area (Å²) in [5, 5.41) is 10.0. The number of amides is 1.